The van der Waals surface area contributed by atoms with Crippen molar-refractivity contribution in [2.75, 3.05) is 12.3 Å². The molecule has 11 heavy (non-hydrogen) atoms. The molecule has 0 saturated carbocycles. The molecule has 0 rings (SSSR count). The SMILES string of the molecule is CCCSSN(CC)C(=O)O. The summed E-state index contributed by atoms with van der Waals surface area (Å²) in [6.45, 7) is 4.44. The van der Waals surface area contributed by atoms with Gasteiger partial charge in [0.1, 0.15) is 0 Å². The van der Waals surface area contributed by atoms with Gasteiger partial charge in [-0.1, -0.05) is 17.7 Å². The van der Waals surface area contributed by atoms with E-state index in [1.165, 1.54) is 15.3 Å². The Balaban J connectivity index is 3.44. The van der Waals surface area contributed by atoms with Gasteiger partial charge in [-0.25, -0.2) is 9.10 Å². The minimum atomic E-state index is -0.860. The first-order valence-corrected chi connectivity index (χ1v) is 5.80. The van der Waals surface area contributed by atoms with Gasteiger partial charge in [0.05, 0.1) is 0 Å². The molecule has 0 aromatic heterocycles. The first kappa shape index (κ1) is 11.0. The van der Waals surface area contributed by atoms with Crippen LogP contribution in [0.1, 0.15) is 20.3 Å². The Morgan fingerprint density at radius 3 is 2.55 bits per heavy atom. The molecule has 0 atom stereocenters. The number of hydrogen-bond acceptors (Lipinski definition) is 3. The molecule has 0 aliphatic rings. The third-order valence-corrected chi connectivity index (χ3v) is 3.56. The van der Waals surface area contributed by atoms with Gasteiger partial charge in [0.15, 0.2) is 0 Å². The lowest BCUT2D eigenvalue weighted by Gasteiger charge is -2.13. The second-order valence-corrected chi connectivity index (χ2v) is 4.26. The Morgan fingerprint density at radius 2 is 2.18 bits per heavy atom. The molecule has 0 spiro atoms. The van der Waals surface area contributed by atoms with Crippen LogP contribution in [0, 0.1) is 0 Å². The summed E-state index contributed by atoms with van der Waals surface area (Å²) in [4.78, 5) is 10.4. The van der Waals surface area contributed by atoms with Gasteiger partial charge in [-0.15, -0.1) is 0 Å². The molecule has 0 unspecified atom stereocenters. The number of carboxylic acid groups (broad SMARTS) is 1. The second kappa shape index (κ2) is 6.67. The molecule has 0 aliphatic heterocycles. The standard InChI is InChI=1S/C6H13NO2S2/c1-3-5-10-11-7(4-2)6(8)9/h3-5H2,1-2H3,(H,8,9). The molecule has 66 valence electrons. The average Bonchev–Trinajstić information content (AvgIpc) is 1.97. The van der Waals surface area contributed by atoms with Crippen LogP contribution in [0.4, 0.5) is 4.79 Å². The highest BCUT2D eigenvalue weighted by molar-refractivity contribution is 8.75. The molecule has 5 heteroatoms. The number of hydrogen-bond donors (Lipinski definition) is 1. The average molecular weight is 195 g/mol. The van der Waals surface area contributed by atoms with Crippen molar-refractivity contribution >= 4 is 27.9 Å². The van der Waals surface area contributed by atoms with Crippen LogP contribution < -0.4 is 0 Å². The maximum absolute atomic E-state index is 10.4. The molecule has 0 radical (unpaired) electrons. The molecule has 0 saturated heterocycles. The summed E-state index contributed by atoms with van der Waals surface area (Å²) in [7, 11) is 2.88. The van der Waals surface area contributed by atoms with E-state index in [1.807, 2.05) is 6.92 Å². The third-order valence-electron chi connectivity index (χ3n) is 0.931. The smallest absolute Gasteiger partial charge is 0.418 e. The van der Waals surface area contributed by atoms with Gasteiger partial charge in [-0.3, -0.25) is 0 Å². The van der Waals surface area contributed by atoms with Gasteiger partial charge >= 0.3 is 6.09 Å². The van der Waals surface area contributed by atoms with Crippen molar-refractivity contribution in [3.63, 3.8) is 0 Å². The monoisotopic (exact) mass is 195 g/mol. The van der Waals surface area contributed by atoms with Crippen molar-refractivity contribution in [1.82, 2.24) is 4.31 Å². The molecule has 0 bridgehead atoms. The predicted octanol–water partition coefficient (Wildman–Crippen LogP) is 2.69. The number of nitrogens with zero attached hydrogens (tertiary/aromatic N) is 1. The maximum atomic E-state index is 10.4. The van der Waals surface area contributed by atoms with Crippen molar-refractivity contribution in [2.45, 2.75) is 20.3 Å². The summed E-state index contributed by atoms with van der Waals surface area (Å²) in [6, 6.07) is 0. The van der Waals surface area contributed by atoms with E-state index in [0.29, 0.717) is 6.54 Å². The van der Waals surface area contributed by atoms with E-state index in [-0.39, 0.29) is 0 Å². The number of rotatable bonds is 5. The van der Waals surface area contributed by atoms with E-state index >= 15 is 0 Å². The summed E-state index contributed by atoms with van der Waals surface area (Å²) in [6.07, 6.45) is 0.218. The zero-order valence-corrected chi connectivity index (χ0v) is 8.37. The molecule has 0 heterocycles. The fourth-order valence-corrected chi connectivity index (χ4v) is 2.55. The Labute approximate surface area is 75.1 Å². The van der Waals surface area contributed by atoms with Crippen molar-refractivity contribution < 1.29 is 9.90 Å². The highest BCUT2D eigenvalue weighted by atomic mass is 33.1. The van der Waals surface area contributed by atoms with Gasteiger partial charge in [0.2, 0.25) is 0 Å². The molecule has 1 N–H and O–H groups in total. The number of carbonyl (C=O) groups is 1. The van der Waals surface area contributed by atoms with Crippen LogP contribution in [0.5, 0.6) is 0 Å². The summed E-state index contributed by atoms with van der Waals surface area (Å²) in [5.41, 5.74) is 0. The molecule has 3 nitrogen and oxygen atoms in total. The zero-order chi connectivity index (χ0) is 8.69. The molecule has 0 aliphatic carbocycles. The summed E-state index contributed by atoms with van der Waals surface area (Å²) in [5.74, 6) is 0.994. The van der Waals surface area contributed by atoms with E-state index in [1.54, 1.807) is 10.8 Å². The Bertz CT molecular complexity index is 121. The first-order valence-electron chi connectivity index (χ1n) is 3.52. The minimum Gasteiger partial charge on any atom is -0.464 e. The van der Waals surface area contributed by atoms with Gasteiger partial charge in [0, 0.05) is 23.3 Å². The summed E-state index contributed by atoms with van der Waals surface area (Å²) in [5, 5.41) is 8.56. The Kier molecular flexibility index (Phi) is 6.65. The van der Waals surface area contributed by atoms with E-state index < -0.39 is 6.09 Å². The first-order chi connectivity index (χ1) is 5.22. The van der Waals surface area contributed by atoms with Crippen LogP contribution in [-0.4, -0.2) is 27.8 Å². The van der Waals surface area contributed by atoms with Gasteiger partial charge in [-0.05, 0) is 13.3 Å². The van der Waals surface area contributed by atoms with Crippen molar-refractivity contribution in [3.05, 3.63) is 0 Å². The van der Waals surface area contributed by atoms with Crippen LogP contribution in [0.2, 0.25) is 0 Å². The molecule has 1 amide bonds. The quantitative estimate of drug-likeness (QED) is 0.416. The normalized spacial score (nSPS) is 9.64. The van der Waals surface area contributed by atoms with Crippen LogP contribution in [0.15, 0.2) is 0 Å². The van der Waals surface area contributed by atoms with E-state index in [0.717, 1.165) is 12.2 Å². The lowest BCUT2D eigenvalue weighted by Crippen LogP contribution is -2.20. The van der Waals surface area contributed by atoms with E-state index in [4.69, 9.17) is 5.11 Å². The Morgan fingerprint density at radius 1 is 1.55 bits per heavy atom. The summed E-state index contributed by atoms with van der Waals surface area (Å²) < 4.78 is 1.32. The number of amides is 1. The second-order valence-electron chi connectivity index (χ2n) is 1.87. The van der Waals surface area contributed by atoms with Crippen LogP contribution in [0.3, 0.4) is 0 Å². The molecule has 0 aromatic carbocycles. The van der Waals surface area contributed by atoms with Gasteiger partial charge in [0.25, 0.3) is 0 Å². The van der Waals surface area contributed by atoms with Gasteiger partial charge in [-0.2, -0.15) is 0 Å². The highest BCUT2D eigenvalue weighted by Gasteiger charge is 2.08. The van der Waals surface area contributed by atoms with Gasteiger partial charge < -0.3 is 5.11 Å². The molecular weight excluding hydrogens is 182 g/mol. The zero-order valence-electron chi connectivity index (χ0n) is 6.74. The fourth-order valence-electron chi connectivity index (χ4n) is 0.404. The predicted molar refractivity (Wildman–Crippen MR) is 50.7 cm³/mol. The lowest BCUT2D eigenvalue weighted by molar-refractivity contribution is 0.177. The third kappa shape index (κ3) is 5.26. The summed E-state index contributed by atoms with van der Waals surface area (Å²) >= 11 is 0. The van der Waals surface area contributed by atoms with Crippen molar-refractivity contribution in [2.24, 2.45) is 0 Å². The largest absolute Gasteiger partial charge is 0.464 e. The lowest BCUT2D eigenvalue weighted by atomic mass is 10.6. The minimum absolute atomic E-state index is 0.538. The van der Waals surface area contributed by atoms with Crippen LogP contribution >= 0.6 is 21.8 Å². The molecular formula is C6H13NO2S2. The van der Waals surface area contributed by atoms with E-state index in [9.17, 15) is 4.79 Å². The highest BCUT2D eigenvalue weighted by Crippen LogP contribution is 2.25. The topological polar surface area (TPSA) is 40.5 Å². The van der Waals surface area contributed by atoms with Crippen molar-refractivity contribution in [1.29, 1.82) is 0 Å². The fraction of sp³-hybridized carbons (Fsp3) is 0.833. The maximum Gasteiger partial charge on any atom is 0.418 e. The molecule has 0 fully saturated rings. The van der Waals surface area contributed by atoms with Crippen LogP contribution in [-0.2, 0) is 0 Å². The van der Waals surface area contributed by atoms with Crippen LogP contribution in [0.25, 0.3) is 0 Å². The van der Waals surface area contributed by atoms with E-state index in [2.05, 4.69) is 6.92 Å². The Hall–Kier alpha value is -0.0300. The molecule has 0 aromatic rings. The van der Waals surface area contributed by atoms with Crippen molar-refractivity contribution in [3.8, 4) is 0 Å².